The van der Waals surface area contributed by atoms with Crippen molar-refractivity contribution < 1.29 is 8.42 Å². The molecule has 5 heteroatoms. The summed E-state index contributed by atoms with van der Waals surface area (Å²) < 4.78 is 25.8. The van der Waals surface area contributed by atoms with Crippen LogP contribution in [0.15, 0.2) is 0 Å². The van der Waals surface area contributed by atoms with Gasteiger partial charge < -0.3 is 5.32 Å². The molecular weight excluding hydrogens is 224 g/mol. The van der Waals surface area contributed by atoms with E-state index in [-0.39, 0.29) is 5.75 Å². The molecule has 16 heavy (non-hydrogen) atoms. The summed E-state index contributed by atoms with van der Waals surface area (Å²) in [7, 11) is -3.05. The van der Waals surface area contributed by atoms with Crippen LogP contribution in [0.25, 0.3) is 0 Å². The fourth-order valence-corrected chi connectivity index (χ4v) is 2.47. The second-order valence-corrected chi connectivity index (χ2v) is 6.17. The van der Waals surface area contributed by atoms with E-state index in [1.807, 2.05) is 13.8 Å². The van der Waals surface area contributed by atoms with Crippen LogP contribution in [-0.2, 0) is 10.0 Å². The van der Waals surface area contributed by atoms with Gasteiger partial charge in [-0.25, -0.2) is 13.1 Å². The van der Waals surface area contributed by atoms with Crippen LogP contribution < -0.4 is 10.0 Å². The molecule has 0 fully saturated rings. The minimum Gasteiger partial charge on any atom is -0.317 e. The fourth-order valence-electron chi connectivity index (χ4n) is 1.20. The fraction of sp³-hybridized carbons (Fsp3) is 1.00. The van der Waals surface area contributed by atoms with Gasteiger partial charge in [-0.2, -0.15) is 0 Å². The molecule has 0 bridgehead atoms. The topological polar surface area (TPSA) is 58.2 Å². The summed E-state index contributed by atoms with van der Waals surface area (Å²) in [6, 6.07) is 0. The minimum atomic E-state index is -3.05. The summed E-state index contributed by atoms with van der Waals surface area (Å²) in [6.45, 7) is 8.57. The Morgan fingerprint density at radius 1 is 1.19 bits per heavy atom. The molecule has 0 spiro atoms. The number of nitrogens with one attached hydrogen (secondary N) is 2. The smallest absolute Gasteiger partial charge is 0.211 e. The lowest BCUT2D eigenvalue weighted by Crippen LogP contribution is -2.30. The highest BCUT2D eigenvalue weighted by molar-refractivity contribution is 7.89. The van der Waals surface area contributed by atoms with Crippen molar-refractivity contribution >= 4 is 10.0 Å². The summed E-state index contributed by atoms with van der Waals surface area (Å²) in [5.74, 6) is 0.658. The van der Waals surface area contributed by atoms with Crippen molar-refractivity contribution in [1.29, 1.82) is 0 Å². The highest BCUT2D eigenvalue weighted by Crippen LogP contribution is 2.00. The van der Waals surface area contributed by atoms with Gasteiger partial charge in [-0.3, -0.25) is 0 Å². The Morgan fingerprint density at radius 2 is 1.88 bits per heavy atom. The van der Waals surface area contributed by atoms with Crippen LogP contribution in [0.2, 0.25) is 0 Å². The van der Waals surface area contributed by atoms with Crippen LogP contribution >= 0.6 is 0 Å². The van der Waals surface area contributed by atoms with Crippen LogP contribution in [0, 0.1) is 5.92 Å². The molecule has 1 atom stereocenters. The number of hydrogen-bond acceptors (Lipinski definition) is 3. The Bertz CT molecular complexity index is 253. The lowest BCUT2D eigenvalue weighted by atomic mass is 10.1. The van der Waals surface area contributed by atoms with E-state index in [2.05, 4.69) is 17.0 Å². The Labute approximate surface area is 100 Å². The predicted octanol–water partition coefficient (Wildman–Crippen LogP) is 1.34. The molecule has 0 aromatic heterocycles. The average molecular weight is 250 g/mol. The van der Waals surface area contributed by atoms with Gasteiger partial charge in [-0.1, -0.05) is 27.2 Å². The summed E-state index contributed by atoms with van der Waals surface area (Å²) in [4.78, 5) is 0. The van der Waals surface area contributed by atoms with Crippen molar-refractivity contribution in [2.75, 3.05) is 25.4 Å². The van der Waals surface area contributed by atoms with E-state index in [1.165, 1.54) is 0 Å². The molecular formula is C11H26N2O2S. The lowest BCUT2D eigenvalue weighted by molar-refractivity contribution is 0.526. The normalized spacial score (nSPS) is 13.9. The van der Waals surface area contributed by atoms with Gasteiger partial charge >= 0.3 is 0 Å². The molecule has 0 saturated heterocycles. The second-order valence-electron chi connectivity index (χ2n) is 4.24. The first-order valence-corrected chi connectivity index (χ1v) is 7.85. The van der Waals surface area contributed by atoms with Crippen molar-refractivity contribution in [2.24, 2.45) is 5.92 Å². The van der Waals surface area contributed by atoms with Crippen LogP contribution in [0.3, 0.4) is 0 Å². The number of sulfonamides is 1. The zero-order valence-corrected chi connectivity index (χ0v) is 11.6. The second kappa shape index (κ2) is 8.96. The molecule has 4 nitrogen and oxygen atoms in total. The van der Waals surface area contributed by atoms with Gasteiger partial charge in [0.2, 0.25) is 10.0 Å². The van der Waals surface area contributed by atoms with Gasteiger partial charge in [0.15, 0.2) is 0 Å². The number of hydrogen-bond donors (Lipinski definition) is 2. The molecule has 0 aromatic carbocycles. The summed E-state index contributed by atoms with van der Waals surface area (Å²) in [5.41, 5.74) is 0. The monoisotopic (exact) mass is 250 g/mol. The minimum absolute atomic E-state index is 0.245. The van der Waals surface area contributed by atoms with Crippen molar-refractivity contribution in [3.05, 3.63) is 0 Å². The number of unbranched alkanes of at least 4 members (excludes halogenated alkanes) is 1. The first-order chi connectivity index (χ1) is 7.52. The third-order valence-corrected chi connectivity index (χ3v) is 4.05. The van der Waals surface area contributed by atoms with Gasteiger partial charge in [0, 0.05) is 6.54 Å². The van der Waals surface area contributed by atoms with Gasteiger partial charge in [0.1, 0.15) is 0 Å². The highest BCUT2D eigenvalue weighted by atomic mass is 32.2. The SMILES string of the molecule is CCNCCCCS(=O)(=O)NCC(C)CC. The molecule has 0 aromatic rings. The molecule has 0 amide bonds. The van der Waals surface area contributed by atoms with E-state index < -0.39 is 10.0 Å². The first-order valence-electron chi connectivity index (χ1n) is 6.19. The van der Waals surface area contributed by atoms with E-state index in [9.17, 15) is 8.42 Å². The molecule has 0 rings (SSSR count). The van der Waals surface area contributed by atoms with Crippen molar-refractivity contribution in [3.63, 3.8) is 0 Å². The molecule has 0 saturated carbocycles. The van der Waals surface area contributed by atoms with E-state index in [1.54, 1.807) is 0 Å². The maximum Gasteiger partial charge on any atom is 0.211 e. The van der Waals surface area contributed by atoms with Gasteiger partial charge in [0.05, 0.1) is 5.75 Å². The zero-order valence-electron chi connectivity index (χ0n) is 10.8. The van der Waals surface area contributed by atoms with Crippen molar-refractivity contribution in [1.82, 2.24) is 10.0 Å². The van der Waals surface area contributed by atoms with Crippen molar-refractivity contribution in [2.45, 2.75) is 40.0 Å². The van der Waals surface area contributed by atoms with Gasteiger partial charge in [-0.05, 0) is 31.8 Å². The third-order valence-electron chi connectivity index (χ3n) is 2.62. The molecule has 2 N–H and O–H groups in total. The van der Waals surface area contributed by atoms with E-state index in [0.717, 1.165) is 32.4 Å². The Morgan fingerprint density at radius 3 is 2.44 bits per heavy atom. The van der Waals surface area contributed by atoms with E-state index in [0.29, 0.717) is 12.5 Å². The van der Waals surface area contributed by atoms with Crippen LogP contribution in [-0.4, -0.2) is 33.8 Å². The summed E-state index contributed by atoms with van der Waals surface area (Å²) in [6.07, 6.45) is 2.64. The van der Waals surface area contributed by atoms with Crippen LogP contribution in [0.5, 0.6) is 0 Å². The molecule has 0 aliphatic rings. The van der Waals surface area contributed by atoms with E-state index in [4.69, 9.17) is 0 Å². The Kier molecular flexibility index (Phi) is 8.89. The quantitative estimate of drug-likeness (QED) is 0.575. The molecule has 0 aliphatic heterocycles. The first kappa shape index (κ1) is 15.9. The van der Waals surface area contributed by atoms with Gasteiger partial charge in [-0.15, -0.1) is 0 Å². The summed E-state index contributed by atoms with van der Waals surface area (Å²) >= 11 is 0. The maximum absolute atomic E-state index is 11.6. The molecule has 0 aliphatic carbocycles. The van der Waals surface area contributed by atoms with Crippen molar-refractivity contribution in [3.8, 4) is 0 Å². The Hall–Kier alpha value is -0.130. The van der Waals surface area contributed by atoms with Crippen LogP contribution in [0.4, 0.5) is 0 Å². The molecule has 98 valence electrons. The summed E-state index contributed by atoms with van der Waals surface area (Å²) in [5, 5.41) is 3.18. The molecule has 1 unspecified atom stereocenters. The lowest BCUT2D eigenvalue weighted by Gasteiger charge is -2.10. The highest BCUT2D eigenvalue weighted by Gasteiger charge is 2.10. The molecule has 0 heterocycles. The zero-order chi connectivity index (χ0) is 12.4. The maximum atomic E-state index is 11.6. The average Bonchev–Trinajstić information content (AvgIpc) is 2.25. The molecule has 0 radical (unpaired) electrons. The van der Waals surface area contributed by atoms with Crippen LogP contribution in [0.1, 0.15) is 40.0 Å². The third kappa shape index (κ3) is 9.12. The standard InChI is InChI=1S/C11H26N2O2S/c1-4-11(3)10-13-16(14,15)9-7-6-8-12-5-2/h11-13H,4-10H2,1-3H3. The predicted molar refractivity (Wildman–Crippen MR) is 69.0 cm³/mol. The van der Waals surface area contributed by atoms with Gasteiger partial charge in [0.25, 0.3) is 0 Å². The Balaban J connectivity index is 3.63. The largest absolute Gasteiger partial charge is 0.317 e. The number of rotatable bonds is 10. The van der Waals surface area contributed by atoms with E-state index >= 15 is 0 Å².